The molecule has 2 rings (SSSR count). The molecule has 6 nitrogen and oxygen atoms in total. The van der Waals surface area contributed by atoms with Gasteiger partial charge in [0.15, 0.2) is 0 Å². The number of aliphatic carboxylic acids is 1. The van der Waals surface area contributed by atoms with E-state index in [0.29, 0.717) is 12.0 Å². The smallest absolute Gasteiger partial charge is 0.407 e. The zero-order valence-corrected chi connectivity index (χ0v) is 15.6. The van der Waals surface area contributed by atoms with E-state index >= 15 is 0 Å². The van der Waals surface area contributed by atoms with Crippen LogP contribution in [0.15, 0.2) is 53.0 Å². The summed E-state index contributed by atoms with van der Waals surface area (Å²) in [6.45, 7) is 0.125. The van der Waals surface area contributed by atoms with E-state index in [-0.39, 0.29) is 25.2 Å². The number of hydrogen-bond donors (Lipinski definition) is 3. The first-order chi connectivity index (χ1) is 12.4. The van der Waals surface area contributed by atoms with E-state index in [1.165, 1.54) is 0 Å². The minimum atomic E-state index is -0.951. The van der Waals surface area contributed by atoms with Crippen molar-refractivity contribution in [2.75, 3.05) is 0 Å². The van der Waals surface area contributed by atoms with Gasteiger partial charge in [-0.2, -0.15) is 0 Å². The lowest BCUT2D eigenvalue weighted by Gasteiger charge is -2.19. The number of carboxylic acids is 1. The van der Waals surface area contributed by atoms with Gasteiger partial charge in [-0.1, -0.05) is 46.3 Å². The standard InChI is InChI=1S/C19H20BrNO5/c20-15-6-8-17(22)14(10-15)11-16(7-9-18(23)24)21-19(25)26-12-13-4-2-1-3-5-13/h1-6,8,10,16,22H,7,9,11-12H2,(H,21,25)(H,23,24). The van der Waals surface area contributed by atoms with Crippen LogP contribution in [0.5, 0.6) is 5.75 Å². The predicted octanol–water partition coefficient (Wildman–Crippen LogP) is 3.86. The topological polar surface area (TPSA) is 95.9 Å². The predicted molar refractivity (Wildman–Crippen MR) is 99.9 cm³/mol. The van der Waals surface area contributed by atoms with E-state index in [2.05, 4.69) is 21.2 Å². The summed E-state index contributed by atoms with van der Waals surface area (Å²) in [7, 11) is 0. The fraction of sp³-hybridized carbons (Fsp3) is 0.263. The van der Waals surface area contributed by atoms with Crippen molar-refractivity contribution in [2.24, 2.45) is 0 Å². The first-order valence-electron chi connectivity index (χ1n) is 8.10. The Kier molecular flexibility index (Phi) is 7.47. The monoisotopic (exact) mass is 421 g/mol. The molecule has 26 heavy (non-hydrogen) atoms. The summed E-state index contributed by atoms with van der Waals surface area (Å²) in [5, 5.41) is 21.6. The second-order valence-electron chi connectivity index (χ2n) is 5.81. The summed E-state index contributed by atoms with van der Waals surface area (Å²) >= 11 is 3.33. The molecular formula is C19H20BrNO5. The molecule has 0 saturated heterocycles. The largest absolute Gasteiger partial charge is 0.508 e. The Morgan fingerprint density at radius 3 is 2.58 bits per heavy atom. The molecule has 0 aliphatic heterocycles. The number of carbonyl (C=O) groups is 2. The molecular weight excluding hydrogens is 402 g/mol. The summed E-state index contributed by atoms with van der Waals surface area (Å²) in [6.07, 6.45) is -0.210. The van der Waals surface area contributed by atoms with E-state index in [4.69, 9.17) is 9.84 Å². The third-order valence-electron chi connectivity index (χ3n) is 3.75. The second-order valence-corrected chi connectivity index (χ2v) is 6.73. The molecule has 0 aliphatic rings. The molecule has 0 spiro atoms. The Bertz CT molecular complexity index is 751. The van der Waals surface area contributed by atoms with E-state index in [0.717, 1.165) is 10.0 Å². The van der Waals surface area contributed by atoms with Crippen molar-refractivity contribution in [3.8, 4) is 5.75 Å². The highest BCUT2D eigenvalue weighted by molar-refractivity contribution is 9.10. The lowest BCUT2D eigenvalue weighted by Crippen LogP contribution is -2.37. The summed E-state index contributed by atoms with van der Waals surface area (Å²) in [5.41, 5.74) is 1.47. The maximum atomic E-state index is 12.1. The van der Waals surface area contributed by atoms with Crippen molar-refractivity contribution in [3.05, 3.63) is 64.1 Å². The molecule has 0 bridgehead atoms. The molecule has 0 heterocycles. The number of benzene rings is 2. The van der Waals surface area contributed by atoms with Gasteiger partial charge in [-0.3, -0.25) is 4.79 Å². The maximum absolute atomic E-state index is 12.1. The van der Waals surface area contributed by atoms with Crippen molar-refractivity contribution in [1.82, 2.24) is 5.32 Å². The average molecular weight is 422 g/mol. The van der Waals surface area contributed by atoms with Crippen molar-refractivity contribution < 1.29 is 24.5 Å². The van der Waals surface area contributed by atoms with E-state index in [9.17, 15) is 14.7 Å². The molecule has 0 aliphatic carbocycles. The number of aromatic hydroxyl groups is 1. The zero-order valence-electron chi connectivity index (χ0n) is 14.0. The summed E-state index contributed by atoms with van der Waals surface area (Å²) in [4.78, 5) is 22.9. The molecule has 2 aromatic carbocycles. The molecule has 0 saturated carbocycles. The third kappa shape index (κ3) is 6.76. The molecule has 0 fully saturated rings. The number of carboxylic acid groups (broad SMARTS) is 1. The van der Waals surface area contributed by atoms with Crippen molar-refractivity contribution in [3.63, 3.8) is 0 Å². The van der Waals surface area contributed by atoms with Gasteiger partial charge >= 0.3 is 12.1 Å². The number of alkyl carbamates (subject to hydrolysis) is 1. The van der Waals surface area contributed by atoms with Gasteiger partial charge in [0.1, 0.15) is 12.4 Å². The number of halogens is 1. The molecule has 0 aromatic heterocycles. The number of phenolic OH excluding ortho intramolecular Hbond substituents is 1. The van der Waals surface area contributed by atoms with Gasteiger partial charge < -0.3 is 20.3 Å². The van der Waals surface area contributed by atoms with Crippen molar-refractivity contribution in [2.45, 2.75) is 31.9 Å². The van der Waals surface area contributed by atoms with Gasteiger partial charge in [0.05, 0.1) is 0 Å². The molecule has 1 unspecified atom stereocenters. The van der Waals surface area contributed by atoms with Crippen LogP contribution in [0.25, 0.3) is 0 Å². The maximum Gasteiger partial charge on any atom is 0.407 e. The van der Waals surface area contributed by atoms with Crippen LogP contribution in [0.1, 0.15) is 24.0 Å². The molecule has 2 aromatic rings. The summed E-state index contributed by atoms with van der Waals surface area (Å²) in [5.74, 6) is -0.860. The average Bonchev–Trinajstić information content (AvgIpc) is 2.62. The molecule has 0 radical (unpaired) electrons. The third-order valence-corrected chi connectivity index (χ3v) is 4.24. The van der Waals surface area contributed by atoms with Crippen LogP contribution in [0.4, 0.5) is 4.79 Å². The Hall–Kier alpha value is -2.54. The first kappa shape index (κ1) is 19.8. The lowest BCUT2D eigenvalue weighted by molar-refractivity contribution is -0.137. The minimum Gasteiger partial charge on any atom is -0.508 e. The number of carbonyl (C=O) groups excluding carboxylic acids is 1. The fourth-order valence-corrected chi connectivity index (χ4v) is 2.85. The van der Waals surface area contributed by atoms with Gasteiger partial charge in [0, 0.05) is 16.9 Å². The minimum absolute atomic E-state index is 0.0907. The van der Waals surface area contributed by atoms with E-state index < -0.39 is 18.1 Å². The van der Waals surface area contributed by atoms with E-state index in [1.807, 2.05) is 30.3 Å². The van der Waals surface area contributed by atoms with Gasteiger partial charge in [0.25, 0.3) is 0 Å². The highest BCUT2D eigenvalue weighted by Gasteiger charge is 2.17. The Labute approximate surface area is 159 Å². The summed E-state index contributed by atoms with van der Waals surface area (Å²) < 4.78 is 5.97. The van der Waals surface area contributed by atoms with Crippen LogP contribution in [-0.2, 0) is 22.6 Å². The zero-order chi connectivity index (χ0) is 18.9. The number of hydrogen-bond acceptors (Lipinski definition) is 4. The molecule has 3 N–H and O–H groups in total. The SMILES string of the molecule is O=C(O)CCC(Cc1cc(Br)ccc1O)NC(=O)OCc1ccccc1. The molecule has 138 valence electrons. The Morgan fingerprint density at radius 1 is 1.15 bits per heavy atom. The lowest BCUT2D eigenvalue weighted by atomic mass is 10.0. The van der Waals surface area contributed by atoms with Crippen molar-refractivity contribution in [1.29, 1.82) is 0 Å². The summed E-state index contributed by atoms with van der Waals surface area (Å²) in [6, 6.07) is 13.8. The second kappa shape index (κ2) is 9.82. The van der Waals surface area contributed by atoms with Gasteiger partial charge in [0.2, 0.25) is 0 Å². The normalized spacial score (nSPS) is 11.6. The van der Waals surface area contributed by atoms with Gasteiger partial charge in [-0.25, -0.2) is 4.79 Å². The number of ether oxygens (including phenoxy) is 1. The van der Waals surface area contributed by atoms with Crippen LogP contribution >= 0.6 is 15.9 Å². The van der Waals surface area contributed by atoms with Crippen LogP contribution in [0, 0.1) is 0 Å². The molecule has 7 heteroatoms. The van der Waals surface area contributed by atoms with Crippen LogP contribution < -0.4 is 5.32 Å². The van der Waals surface area contributed by atoms with Crippen LogP contribution in [-0.4, -0.2) is 28.3 Å². The number of rotatable bonds is 8. The quantitative estimate of drug-likeness (QED) is 0.601. The van der Waals surface area contributed by atoms with Crippen LogP contribution in [0.2, 0.25) is 0 Å². The highest BCUT2D eigenvalue weighted by Crippen LogP contribution is 2.24. The Balaban J connectivity index is 1.98. The fourth-order valence-electron chi connectivity index (χ4n) is 2.44. The van der Waals surface area contributed by atoms with E-state index in [1.54, 1.807) is 18.2 Å². The number of phenols is 1. The first-order valence-corrected chi connectivity index (χ1v) is 8.89. The number of amides is 1. The van der Waals surface area contributed by atoms with Crippen molar-refractivity contribution >= 4 is 28.0 Å². The van der Waals surface area contributed by atoms with Crippen LogP contribution in [0.3, 0.4) is 0 Å². The molecule has 1 atom stereocenters. The van der Waals surface area contributed by atoms with Gasteiger partial charge in [-0.05, 0) is 42.2 Å². The van der Waals surface area contributed by atoms with Gasteiger partial charge in [-0.15, -0.1) is 0 Å². The highest BCUT2D eigenvalue weighted by atomic mass is 79.9. The Morgan fingerprint density at radius 2 is 1.88 bits per heavy atom. The molecule has 1 amide bonds. The number of nitrogens with one attached hydrogen (secondary N) is 1.